The molecule has 1 aromatic heterocycles. The number of morpholine rings is 1. The van der Waals surface area contributed by atoms with Crippen molar-refractivity contribution in [2.45, 2.75) is 52.6 Å². The van der Waals surface area contributed by atoms with Crippen LogP contribution in [0.2, 0.25) is 0 Å². The highest BCUT2D eigenvalue weighted by atomic mass is 16.5. The van der Waals surface area contributed by atoms with Gasteiger partial charge in [0.25, 0.3) is 5.91 Å². The second-order valence-electron chi connectivity index (χ2n) is 9.86. The molecule has 7 heteroatoms. The highest BCUT2D eigenvalue weighted by Crippen LogP contribution is 2.22. The molecular weight excluding hydrogens is 416 g/mol. The van der Waals surface area contributed by atoms with Crippen molar-refractivity contribution in [2.24, 2.45) is 5.92 Å². The molecule has 2 amide bonds. The van der Waals surface area contributed by atoms with Gasteiger partial charge in [-0.25, -0.2) is 4.98 Å². The van der Waals surface area contributed by atoms with Crippen molar-refractivity contribution < 1.29 is 14.3 Å². The molecule has 1 fully saturated rings. The summed E-state index contributed by atoms with van der Waals surface area (Å²) in [7, 11) is 0. The first-order chi connectivity index (χ1) is 15.6. The van der Waals surface area contributed by atoms with Crippen LogP contribution < -0.4 is 15.5 Å². The van der Waals surface area contributed by atoms with Crippen molar-refractivity contribution in [1.82, 2.24) is 15.6 Å². The van der Waals surface area contributed by atoms with Gasteiger partial charge in [-0.15, -0.1) is 0 Å². The van der Waals surface area contributed by atoms with Gasteiger partial charge in [-0.3, -0.25) is 9.59 Å². The summed E-state index contributed by atoms with van der Waals surface area (Å²) >= 11 is 0. The SMILES string of the molecule is CC(C)C(NC(=O)c1ccc(C(C)(C)C)cc1)C(=O)NCc1ccnc(N2CCOCC2)c1. The summed E-state index contributed by atoms with van der Waals surface area (Å²) in [6.45, 7) is 13.6. The number of hydrogen-bond acceptors (Lipinski definition) is 5. The van der Waals surface area contributed by atoms with Crippen LogP contribution in [-0.4, -0.2) is 49.1 Å². The summed E-state index contributed by atoms with van der Waals surface area (Å²) in [5.74, 6) is 0.388. The van der Waals surface area contributed by atoms with Gasteiger partial charge < -0.3 is 20.3 Å². The molecule has 1 aliphatic heterocycles. The summed E-state index contributed by atoms with van der Waals surface area (Å²) in [5.41, 5.74) is 2.69. The standard InChI is InChI=1S/C26H36N4O3/c1-18(2)23(29-24(31)20-6-8-21(9-7-20)26(3,4)5)25(32)28-17-19-10-11-27-22(16-19)30-12-14-33-15-13-30/h6-11,16,18,23H,12-15,17H2,1-5H3,(H,28,32)(H,29,31). The van der Waals surface area contributed by atoms with Crippen LogP contribution in [0.1, 0.15) is 56.1 Å². The molecule has 33 heavy (non-hydrogen) atoms. The topological polar surface area (TPSA) is 83.6 Å². The Morgan fingerprint density at radius 1 is 1.09 bits per heavy atom. The molecule has 2 heterocycles. The molecule has 0 bridgehead atoms. The van der Waals surface area contributed by atoms with E-state index in [0.717, 1.165) is 30.0 Å². The summed E-state index contributed by atoms with van der Waals surface area (Å²) in [4.78, 5) is 32.4. The summed E-state index contributed by atoms with van der Waals surface area (Å²) < 4.78 is 5.40. The molecule has 178 valence electrons. The zero-order valence-electron chi connectivity index (χ0n) is 20.4. The number of rotatable bonds is 7. The van der Waals surface area contributed by atoms with Crippen molar-refractivity contribution in [2.75, 3.05) is 31.2 Å². The molecule has 7 nitrogen and oxygen atoms in total. The van der Waals surface area contributed by atoms with Gasteiger partial charge in [0.05, 0.1) is 13.2 Å². The monoisotopic (exact) mass is 452 g/mol. The Labute approximate surface area is 196 Å². The maximum Gasteiger partial charge on any atom is 0.251 e. The predicted octanol–water partition coefficient (Wildman–Crippen LogP) is 3.29. The van der Waals surface area contributed by atoms with Crippen molar-refractivity contribution in [3.05, 3.63) is 59.3 Å². The highest BCUT2D eigenvalue weighted by Gasteiger charge is 2.25. The molecule has 1 aliphatic rings. The fourth-order valence-corrected chi connectivity index (χ4v) is 3.72. The Bertz CT molecular complexity index is 945. The van der Waals surface area contributed by atoms with Crippen molar-refractivity contribution in [3.8, 4) is 0 Å². The van der Waals surface area contributed by atoms with Crippen LogP contribution in [0.15, 0.2) is 42.6 Å². The number of carbonyl (C=O) groups is 2. The van der Waals surface area contributed by atoms with Gasteiger partial charge in [0.15, 0.2) is 0 Å². The first-order valence-corrected chi connectivity index (χ1v) is 11.6. The van der Waals surface area contributed by atoms with E-state index in [2.05, 4.69) is 41.3 Å². The lowest BCUT2D eigenvalue weighted by Crippen LogP contribution is -2.49. The molecule has 1 atom stereocenters. The quantitative estimate of drug-likeness (QED) is 0.674. The normalized spacial score (nSPS) is 15.3. The molecule has 1 unspecified atom stereocenters. The second kappa shape index (κ2) is 10.8. The Balaban J connectivity index is 1.60. The number of anilines is 1. The first-order valence-electron chi connectivity index (χ1n) is 11.6. The van der Waals surface area contributed by atoms with E-state index in [-0.39, 0.29) is 23.1 Å². The van der Waals surface area contributed by atoms with E-state index in [0.29, 0.717) is 25.3 Å². The van der Waals surface area contributed by atoms with Crippen LogP contribution in [0.25, 0.3) is 0 Å². The van der Waals surface area contributed by atoms with Crippen LogP contribution in [0.4, 0.5) is 5.82 Å². The maximum absolute atomic E-state index is 12.9. The number of nitrogens with one attached hydrogen (secondary N) is 2. The fraction of sp³-hybridized carbons (Fsp3) is 0.500. The van der Waals surface area contributed by atoms with Gasteiger partial charge in [-0.1, -0.05) is 46.8 Å². The number of pyridine rings is 1. The van der Waals surface area contributed by atoms with E-state index in [1.54, 1.807) is 6.20 Å². The molecule has 0 aliphatic carbocycles. The smallest absolute Gasteiger partial charge is 0.251 e. The van der Waals surface area contributed by atoms with Gasteiger partial charge in [0, 0.05) is 31.4 Å². The van der Waals surface area contributed by atoms with Crippen molar-refractivity contribution in [1.29, 1.82) is 0 Å². The molecule has 2 aromatic rings. The van der Waals surface area contributed by atoms with Crippen LogP contribution >= 0.6 is 0 Å². The third-order valence-corrected chi connectivity index (χ3v) is 5.86. The molecule has 3 rings (SSSR count). The van der Waals surface area contributed by atoms with E-state index >= 15 is 0 Å². The number of ether oxygens (including phenoxy) is 1. The van der Waals surface area contributed by atoms with E-state index < -0.39 is 6.04 Å². The highest BCUT2D eigenvalue weighted by molar-refractivity contribution is 5.97. The molecule has 1 aromatic carbocycles. The van der Waals surface area contributed by atoms with Crippen LogP contribution in [-0.2, 0) is 21.5 Å². The van der Waals surface area contributed by atoms with Crippen LogP contribution in [0, 0.1) is 5.92 Å². The average molecular weight is 453 g/mol. The lowest BCUT2D eigenvalue weighted by Gasteiger charge is -2.28. The third kappa shape index (κ3) is 6.78. The third-order valence-electron chi connectivity index (χ3n) is 5.86. The van der Waals surface area contributed by atoms with Crippen LogP contribution in [0.5, 0.6) is 0 Å². The van der Waals surface area contributed by atoms with E-state index in [1.807, 2.05) is 50.2 Å². The van der Waals surface area contributed by atoms with E-state index in [4.69, 9.17) is 4.74 Å². The number of nitrogens with zero attached hydrogens (tertiary/aromatic N) is 2. The van der Waals surface area contributed by atoms with Gasteiger partial charge in [0.2, 0.25) is 5.91 Å². The van der Waals surface area contributed by atoms with Gasteiger partial charge in [-0.05, 0) is 46.7 Å². The minimum absolute atomic E-state index is 0.0178. The number of aromatic nitrogens is 1. The lowest BCUT2D eigenvalue weighted by molar-refractivity contribution is -0.124. The second-order valence-corrected chi connectivity index (χ2v) is 9.86. The zero-order chi connectivity index (χ0) is 24.0. The molecule has 0 saturated carbocycles. The zero-order valence-corrected chi connectivity index (χ0v) is 20.4. The number of amides is 2. The Kier molecular flexibility index (Phi) is 8.08. The van der Waals surface area contributed by atoms with E-state index in [1.165, 1.54) is 0 Å². The van der Waals surface area contributed by atoms with Gasteiger partial charge >= 0.3 is 0 Å². The fourth-order valence-electron chi connectivity index (χ4n) is 3.72. The largest absolute Gasteiger partial charge is 0.378 e. The lowest BCUT2D eigenvalue weighted by atomic mass is 9.86. The minimum Gasteiger partial charge on any atom is -0.378 e. The molecule has 1 saturated heterocycles. The van der Waals surface area contributed by atoms with Crippen LogP contribution in [0.3, 0.4) is 0 Å². The van der Waals surface area contributed by atoms with Crippen molar-refractivity contribution in [3.63, 3.8) is 0 Å². The summed E-state index contributed by atoms with van der Waals surface area (Å²) in [5, 5.41) is 5.88. The molecule has 0 spiro atoms. The Hall–Kier alpha value is -2.93. The molecule has 0 radical (unpaired) electrons. The Morgan fingerprint density at radius 2 is 1.76 bits per heavy atom. The first kappa shape index (κ1) is 24.7. The maximum atomic E-state index is 12.9. The summed E-state index contributed by atoms with van der Waals surface area (Å²) in [6, 6.07) is 10.8. The van der Waals surface area contributed by atoms with Crippen molar-refractivity contribution >= 4 is 17.6 Å². The molecular formula is C26H36N4O3. The summed E-state index contributed by atoms with van der Waals surface area (Å²) in [6.07, 6.45) is 1.76. The van der Waals surface area contributed by atoms with E-state index in [9.17, 15) is 9.59 Å². The molecule has 2 N–H and O–H groups in total. The average Bonchev–Trinajstić information content (AvgIpc) is 2.81. The minimum atomic E-state index is -0.625. The van der Waals surface area contributed by atoms with Gasteiger partial charge in [-0.2, -0.15) is 0 Å². The number of carbonyl (C=O) groups excluding carboxylic acids is 2. The Morgan fingerprint density at radius 3 is 2.36 bits per heavy atom. The number of benzene rings is 1. The number of hydrogen-bond donors (Lipinski definition) is 2. The predicted molar refractivity (Wildman–Crippen MR) is 130 cm³/mol. The van der Waals surface area contributed by atoms with Gasteiger partial charge in [0.1, 0.15) is 11.9 Å².